The predicted molar refractivity (Wildman–Crippen MR) is 226 cm³/mol. The highest BCUT2D eigenvalue weighted by molar-refractivity contribution is 6.15. The second-order valence-corrected chi connectivity index (χ2v) is 13.9. The van der Waals surface area contributed by atoms with Crippen LogP contribution < -0.4 is 0 Å². The van der Waals surface area contributed by atoms with E-state index in [1.54, 1.807) is 0 Å². The summed E-state index contributed by atoms with van der Waals surface area (Å²) in [5.74, 6) is 0. The normalized spacial score (nSPS) is 11.6. The standard InChI is InChI=1S/C50H29N5/c1-52-42-30-33(27-28-47(42)55-46-25-9-5-18-38(46)40-20-11-14-34(31-51)49(40)55)32-13-10-15-35(29-32)53-43-22-6-4-19-39(43)41-21-12-26-48(50(41)53)54-44-23-7-2-16-36(44)37-17-3-8-24-45(37)54/h2-30H. The van der Waals surface area contributed by atoms with Crippen molar-refractivity contribution in [1.29, 1.82) is 5.26 Å². The van der Waals surface area contributed by atoms with Gasteiger partial charge in [-0.15, -0.1) is 0 Å². The van der Waals surface area contributed by atoms with Crippen LogP contribution in [0.5, 0.6) is 0 Å². The lowest BCUT2D eigenvalue weighted by atomic mass is 10.0. The molecule has 0 aliphatic rings. The largest absolute Gasteiger partial charge is 0.318 e. The zero-order chi connectivity index (χ0) is 36.6. The molecule has 55 heavy (non-hydrogen) atoms. The number of nitrogens with zero attached hydrogens (tertiary/aromatic N) is 5. The summed E-state index contributed by atoms with van der Waals surface area (Å²) in [6.07, 6.45) is 0. The molecule has 0 bridgehead atoms. The van der Waals surface area contributed by atoms with Gasteiger partial charge in [-0.05, 0) is 71.8 Å². The van der Waals surface area contributed by atoms with Gasteiger partial charge in [0.05, 0.1) is 56.6 Å². The Labute approximate surface area is 316 Å². The number of hydrogen-bond donors (Lipinski definition) is 0. The van der Waals surface area contributed by atoms with Crippen LogP contribution in [0.25, 0.3) is 98.5 Å². The zero-order valence-corrected chi connectivity index (χ0v) is 29.5. The third-order valence-corrected chi connectivity index (χ3v) is 11.1. The number of nitriles is 1. The summed E-state index contributed by atoms with van der Waals surface area (Å²) in [7, 11) is 0. The molecule has 8 aromatic carbocycles. The number of fused-ring (bicyclic) bond motifs is 9. The molecule has 11 rings (SSSR count). The second-order valence-electron chi connectivity index (χ2n) is 13.9. The monoisotopic (exact) mass is 699 g/mol. The van der Waals surface area contributed by atoms with Crippen molar-refractivity contribution in [3.8, 4) is 34.3 Å². The van der Waals surface area contributed by atoms with Gasteiger partial charge < -0.3 is 13.7 Å². The van der Waals surface area contributed by atoms with Gasteiger partial charge in [-0.2, -0.15) is 5.26 Å². The number of benzene rings is 8. The molecule has 3 heterocycles. The zero-order valence-electron chi connectivity index (χ0n) is 29.5. The number of rotatable bonds is 4. The molecule has 0 amide bonds. The van der Waals surface area contributed by atoms with Crippen molar-refractivity contribution >= 4 is 71.1 Å². The fourth-order valence-corrected chi connectivity index (χ4v) is 8.80. The summed E-state index contributed by atoms with van der Waals surface area (Å²) in [6.45, 7) is 8.34. The van der Waals surface area contributed by atoms with E-state index in [0.29, 0.717) is 11.3 Å². The minimum atomic E-state index is 0.517. The maximum atomic E-state index is 10.1. The van der Waals surface area contributed by atoms with E-state index in [4.69, 9.17) is 6.57 Å². The number of hydrogen-bond acceptors (Lipinski definition) is 1. The summed E-state index contributed by atoms with van der Waals surface area (Å²) < 4.78 is 6.86. The van der Waals surface area contributed by atoms with E-state index < -0.39 is 0 Å². The summed E-state index contributed by atoms with van der Waals surface area (Å²) in [5.41, 5.74) is 12.3. The van der Waals surface area contributed by atoms with Crippen molar-refractivity contribution in [1.82, 2.24) is 13.7 Å². The van der Waals surface area contributed by atoms with E-state index >= 15 is 0 Å². The summed E-state index contributed by atoms with van der Waals surface area (Å²) >= 11 is 0. The molecule has 0 saturated carbocycles. The molecular weight excluding hydrogens is 671 g/mol. The van der Waals surface area contributed by atoms with Gasteiger partial charge in [-0.25, -0.2) is 4.85 Å². The Kier molecular flexibility index (Phi) is 6.61. The van der Waals surface area contributed by atoms with Crippen molar-refractivity contribution < 1.29 is 0 Å². The molecule has 3 aromatic heterocycles. The Morgan fingerprint density at radius 1 is 0.418 bits per heavy atom. The van der Waals surface area contributed by atoms with E-state index in [9.17, 15) is 5.26 Å². The number of aromatic nitrogens is 3. The van der Waals surface area contributed by atoms with Gasteiger partial charge in [0.1, 0.15) is 6.07 Å². The van der Waals surface area contributed by atoms with Gasteiger partial charge in [0.2, 0.25) is 5.69 Å². The highest BCUT2D eigenvalue weighted by atomic mass is 15.1. The lowest BCUT2D eigenvalue weighted by Gasteiger charge is -2.16. The van der Waals surface area contributed by atoms with Gasteiger partial charge in [0, 0.05) is 38.0 Å². The maximum Gasteiger partial charge on any atom is 0.211 e. The lowest BCUT2D eigenvalue weighted by Crippen LogP contribution is -2.01. The van der Waals surface area contributed by atoms with E-state index in [-0.39, 0.29) is 0 Å². The Morgan fingerprint density at radius 3 is 1.56 bits per heavy atom. The molecule has 0 aliphatic heterocycles. The first-order chi connectivity index (χ1) is 27.2. The van der Waals surface area contributed by atoms with Crippen LogP contribution in [0, 0.1) is 17.9 Å². The quantitative estimate of drug-likeness (QED) is 0.169. The van der Waals surface area contributed by atoms with E-state index in [0.717, 1.165) is 61.0 Å². The van der Waals surface area contributed by atoms with Gasteiger partial charge >= 0.3 is 0 Å². The fraction of sp³-hybridized carbons (Fsp3) is 0. The van der Waals surface area contributed by atoms with Crippen LogP contribution in [-0.4, -0.2) is 13.7 Å². The van der Waals surface area contributed by atoms with Crippen molar-refractivity contribution in [2.75, 3.05) is 0 Å². The van der Waals surface area contributed by atoms with Crippen molar-refractivity contribution in [2.45, 2.75) is 0 Å². The van der Waals surface area contributed by atoms with Gasteiger partial charge in [0.25, 0.3) is 0 Å². The Balaban J connectivity index is 1.13. The third kappa shape index (κ3) is 4.39. The fourth-order valence-electron chi connectivity index (χ4n) is 8.80. The van der Waals surface area contributed by atoms with Crippen molar-refractivity contribution in [3.05, 3.63) is 193 Å². The highest BCUT2D eigenvalue weighted by Crippen LogP contribution is 2.42. The van der Waals surface area contributed by atoms with E-state index in [2.05, 4.69) is 158 Å². The van der Waals surface area contributed by atoms with Crippen LogP contribution in [0.3, 0.4) is 0 Å². The summed E-state index contributed by atoms with van der Waals surface area (Å²) in [5, 5.41) is 17.0. The molecule has 0 fully saturated rings. The van der Waals surface area contributed by atoms with E-state index in [1.807, 2.05) is 42.5 Å². The van der Waals surface area contributed by atoms with Gasteiger partial charge in [0.15, 0.2) is 0 Å². The molecule has 254 valence electrons. The van der Waals surface area contributed by atoms with Crippen molar-refractivity contribution in [3.63, 3.8) is 0 Å². The third-order valence-electron chi connectivity index (χ3n) is 11.1. The molecule has 0 aliphatic carbocycles. The average molecular weight is 700 g/mol. The SMILES string of the molecule is [C-]#[N+]c1cc(-c2cccc(-n3c4ccccc4c4cccc(-n5c6ccccc6c6ccccc65)c43)c2)ccc1-n1c2ccccc2c2cccc(C#N)c21. The molecule has 5 nitrogen and oxygen atoms in total. The first kappa shape index (κ1) is 30.7. The van der Waals surface area contributed by atoms with Crippen LogP contribution in [0.2, 0.25) is 0 Å². The maximum absolute atomic E-state index is 10.1. The molecule has 0 radical (unpaired) electrons. The smallest absolute Gasteiger partial charge is 0.211 e. The number of para-hydroxylation sites is 6. The van der Waals surface area contributed by atoms with Crippen LogP contribution in [0.4, 0.5) is 5.69 Å². The highest BCUT2D eigenvalue weighted by Gasteiger charge is 2.21. The Hall–Kier alpha value is -7.86. The van der Waals surface area contributed by atoms with Crippen LogP contribution in [0.15, 0.2) is 176 Å². The molecular formula is C50H29N5. The Morgan fingerprint density at radius 2 is 0.927 bits per heavy atom. The molecule has 0 spiro atoms. The van der Waals surface area contributed by atoms with Gasteiger partial charge in [-0.3, -0.25) is 0 Å². The molecule has 0 saturated heterocycles. The molecule has 11 aromatic rings. The first-order valence-electron chi connectivity index (χ1n) is 18.3. The molecule has 0 N–H and O–H groups in total. The van der Waals surface area contributed by atoms with Crippen LogP contribution >= 0.6 is 0 Å². The second kappa shape index (κ2) is 11.8. The molecule has 0 unspecified atom stereocenters. The summed E-state index contributed by atoms with van der Waals surface area (Å²) in [4.78, 5) is 4.06. The minimum absolute atomic E-state index is 0.517. The predicted octanol–water partition coefficient (Wildman–Crippen LogP) is 13.1. The van der Waals surface area contributed by atoms with Crippen LogP contribution in [0.1, 0.15) is 5.56 Å². The van der Waals surface area contributed by atoms with E-state index in [1.165, 1.54) is 32.6 Å². The minimum Gasteiger partial charge on any atom is -0.318 e. The topological polar surface area (TPSA) is 42.9 Å². The molecule has 0 atom stereocenters. The Bertz CT molecular complexity index is 3420. The van der Waals surface area contributed by atoms with Gasteiger partial charge in [-0.1, -0.05) is 115 Å². The van der Waals surface area contributed by atoms with Crippen molar-refractivity contribution in [2.24, 2.45) is 0 Å². The first-order valence-corrected chi connectivity index (χ1v) is 18.3. The molecule has 5 heteroatoms. The average Bonchev–Trinajstić information content (AvgIpc) is 3.89. The lowest BCUT2D eigenvalue weighted by molar-refractivity contribution is 1.13. The van der Waals surface area contributed by atoms with Crippen LogP contribution in [-0.2, 0) is 0 Å². The summed E-state index contributed by atoms with van der Waals surface area (Å²) in [6, 6.07) is 63.6.